The molecule has 1 aliphatic heterocycles. The number of aromatic nitrogens is 2. The summed E-state index contributed by atoms with van der Waals surface area (Å²) in [6.45, 7) is 3.19. The summed E-state index contributed by atoms with van der Waals surface area (Å²) in [5.41, 5.74) is 3.49. The Bertz CT molecular complexity index is 1050. The van der Waals surface area contributed by atoms with Crippen LogP contribution in [0, 0.1) is 12.8 Å². The van der Waals surface area contributed by atoms with E-state index in [1.54, 1.807) is 12.1 Å². The topological polar surface area (TPSA) is 107 Å². The molecule has 7 nitrogen and oxygen atoms in total. The van der Waals surface area contributed by atoms with Gasteiger partial charge in [-0.15, -0.1) is 0 Å². The lowest BCUT2D eigenvalue weighted by Crippen LogP contribution is -2.39. The summed E-state index contributed by atoms with van der Waals surface area (Å²) in [4.78, 5) is 20.3. The van der Waals surface area contributed by atoms with Crippen molar-refractivity contribution in [2.45, 2.75) is 25.8 Å². The van der Waals surface area contributed by atoms with Crippen LogP contribution in [-0.2, 0) is 0 Å². The van der Waals surface area contributed by atoms with Crippen LogP contribution in [0.3, 0.4) is 0 Å². The Balaban J connectivity index is 1.68. The van der Waals surface area contributed by atoms with Crippen molar-refractivity contribution in [3.8, 4) is 17.1 Å². The monoisotopic (exact) mass is 392 g/mol. The first-order valence-corrected chi connectivity index (χ1v) is 9.78. The first-order valence-electron chi connectivity index (χ1n) is 9.78. The molecule has 29 heavy (non-hydrogen) atoms. The third kappa shape index (κ3) is 4.14. The quantitative estimate of drug-likeness (QED) is 0.540. The van der Waals surface area contributed by atoms with Crippen LogP contribution >= 0.6 is 0 Å². The average Bonchev–Trinajstić information content (AvgIpc) is 2.72. The average molecular weight is 392 g/mol. The van der Waals surface area contributed by atoms with Crippen LogP contribution in [0.1, 0.15) is 30.1 Å². The van der Waals surface area contributed by atoms with Gasteiger partial charge in [0, 0.05) is 18.5 Å². The summed E-state index contributed by atoms with van der Waals surface area (Å²) in [6.07, 6.45) is 0.768. The SMILES string of the molecule is Cc1ccc2c(C3CCC(CNC(=O)O)CN3)nc(-c3ccccc3O)nc2c1. The summed E-state index contributed by atoms with van der Waals surface area (Å²) in [5, 5.41) is 26.1. The van der Waals surface area contributed by atoms with E-state index < -0.39 is 6.09 Å². The molecule has 2 atom stereocenters. The lowest BCUT2D eigenvalue weighted by Gasteiger charge is -2.30. The number of aromatic hydroxyl groups is 1. The molecule has 3 aromatic rings. The van der Waals surface area contributed by atoms with Crippen molar-refractivity contribution < 1.29 is 15.0 Å². The van der Waals surface area contributed by atoms with E-state index in [-0.39, 0.29) is 17.7 Å². The molecule has 150 valence electrons. The molecule has 0 bridgehead atoms. The maximum atomic E-state index is 10.7. The molecule has 2 aromatic carbocycles. The molecule has 1 aliphatic rings. The number of phenols is 1. The van der Waals surface area contributed by atoms with Gasteiger partial charge in [-0.25, -0.2) is 14.8 Å². The predicted molar refractivity (Wildman–Crippen MR) is 111 cm³/mol. The maximum absolute atomic E-state index is 10.7. The lowest BCUT2D eigenvalue weighted by molar-refractivity contribution is 0.190. The van der Waals surface area contributed by atoms with Crippen LogP contribution in [0.15, 0.2) is 42.5 Å². The number of carboxylic acid groups (broad SMARTS) is 1. The Morgan fingerprint density at radius 1 is 1.21 bits per heavy atom. The Morgan fingerprint density at radius 3 is 2.76 bits per heavy atom. The Labute approximate surface area is 168 Å². The number of amides is 1. The fraction of sp³-hybridized carbons (Fsp3) is 0.318. The van der Waals surface area contributed by atoms with Crippen molar-refractivity contribution in [2.24, 2.45) is 5.92 Å². The van der Waals surface area contributed by atoms with Crippen LogP contribution < -0.4 is 10.6 Å². The highest BCUT2D eigenvalue weighted by molar-refractivity contribution is 5.84. The standard InChI is InChI=1S/C22H24N4O3/c1-13-6-8-15-18(10-13)25-21(16-4-2-3-5-19(16)27)26-20(15)17-9-7-14(11-23-17)12-24-22(28)29/h2-6,8,10,14,17,23-24,27H,7,9,11-12H2,1H3,(H,28,29). The van der Waals surface area contributed by atoms with Gasteiger partial charge in [-0.05, 0) is 49.4 Å². The highest BCUT2D eigenvalue weighted by atomic mass is 16.4. The van der Waals surface area contributed by atoms with E-state index in [1.807, 2.05) is 31.2 Å². The van der Waals surface area contributed by atoms with E-state index >= 15 is 0 Å². The van der Waals surface area contributed by atoms with Crippen LogP contribution in [0.25, 0.3) is 22.3 Å². The number of rotatable bonds is 4. The highest BCUT2D eigenvalue weighted by Crippen LogP contribution is 2.33. The van der Waals surface area contributed by atoms with E-state index in [0.717, 1.165) is 35.0 Å². The van der Waals surface area contributed by atoms with Gasteiger partial charge < -0.3 is 20.8 Å². The summed E-state index contributed by atoms with van der Waals surface area (Å²) in [6, 6.07) is 13.3. The minimum atomic E-state index is -0.989. The van der Waals surface area contributed by atoms with Gasteiger partial charge in [0.15, 0.2) is 5.82 Å². The molecule has 4 N–H and O–H groups in total. The summed E-state index contributed by atoms with van der Waals surface area (Å²) >= 11 is 0. The van der Waals surface area contributed by atoms with Crippen LogP contribution in [0.2, 0.25) is 0 Å². The normalized spacial score (nSPS) is 19.2. The molecule has 0 spiro atoms. The number of benzene rings is 2. The first kappa shape index (κ1) is 19.1. The number of carbonyl (C=O) groups is 1. The van der Waals surface area contributed by atoms with Gasteiger partial charge in [0.05, 0.1) is 22.8 Å². The highest BCUT2D eigenvalue weighted by Gasteiger charge is 2.25. The van der Waals surface area contributed by atoms with Gasteiger partial charge >= 0.3 is 6.09 Å². The van der Waals surface area contributed by atoms with Crippen LogP contribution in [-0.4, -0.2) is 39.4 Å². The second kappa shape index (κ2) is 8.05. The number of phenolic OH excluding ortho intramolecular Hbond substituents is 1. The zero-order chi connectivity index (χ0) is 20.4. The Kier molecular flexibility index (Phi) is 5.31. The van der Waals surface area contributed by atoms with Crippen molar-refractivity contribution >= 4 is 17.0 Å². The Morgan fingerprint density at radius 2 is 2.03 bits per heavy atom. The van der Waals surface area contributed by atoms with Crippen molar-refractivity contribution in [1.29, 1.82) is 0 Å². The second-order valence-corrected chi connectivity index (χ2v) is 7.56. The minimum absolute atomic E-state index is 0.0499. The number of hydrogen-bond acceptors (Lipinski definition) is 5. The molecule has 4 rings (SSSR count). The molecule has 7 heteroatoms. The molecule has 0 aliphatic carbocycles. The van der Waals surface area contributed by atoms with E-state index in [9.17, 15) is 9.90 Å². The molecule has 1 aromatic heterocycles. The van der Waals surface area contributed by atoms with Crippen LogP contribution in [0.4, 0.5) is 4.79 Å². The molecule has 0 saturated carbocycles. The van der Waals surface area contributed by atoms with Crippen molar-refractivity contribution in [2.75, 3.05) is 13.1 Å². The molecular weight excluding hydrogens is 368 g/mol. The van der Waals surface area contributed by atoms with Gasteiger partial charge in [0.25, 0.3) is 0 Å². The summed E-state index contributed by atoms with van der Waals surface area (Å²) in [7, 11) is 0. The number of para-hydroxylation sites is 1. The lowest BCUT2D eigenvalue weighted by atomic mass is 9.91. The predicted octanol–water partition coefficient (Wildman–Crippen LogP) is 3.62. The smallest absolute Gasteiger partial charge is 0.404 e. The molecular formula is C22H24N4O3. The number of nitrogens with one attached hydrogen (secondary N) is 2. The summed E-state index contributed by atoms with van der Waals surface area (Å²) < 4.78 is 0. The molecule has 2 heterocycles. The molecule has 0 radical (unpaired) electrons. The van der Waals surface area contributed by atoms with Crippen molar-refractivity contribution in [3.05, 3.63) is 53.7 Å². The van der Waals surface area contributed by atoms with Crippen LogP contribution in [0.5, 0.6) is 5.75 Å². The number of fused-ring (bicyclic) bond motifs is 1. The molecule has 1 amide bonds. The van der Waals surface area contributed by atoms with Gasteiger partial charge in [-0.2, -0.15) is 0 Å². The van der Waals surface area contributed by atoms with Gasteiger partial charge in [0.2, 0.25) is 0 Å². The minimum Gasteiger partial charge on any atom is -0.507 e. The van der Waals surface area contributed by atoms with E-state index in [1.165, 1.54) is 0 Å². The first-order chi connectivity index (χ1) is 14.0. The van der Waals surface area contributed by atoms with E-state index in [2.05, 4.69) is 16.7 Å². The summed E-state index contributed by atoms with van der Waals surface area (Å²) in [5.74, 6) is 0.921. The zero-order valence-corrected chi connectivity index (χ0v) is 16.2. The zero-order valence-electron chi connectivity index (χ0n) is 16.2. The second-order valence-electron chi connectivity index (χ2n) is 7.56. The number of nitrogens with zero attached hydrogens (tertiary/aromatic N) is 2. The van der Waals surface area contributed by atoms with E-state index in [4.69, 9.17) is 15.1 Å². The molecule has 1 fully saturated rings. The van der Waals surface area contributed by atoms with E-state index in [0.29, 0.717) is 24.5 Å². The number of piperidine rings is 1. The van der Waals surface area contributed by atoms with Gasteiger partial charge in [-0.3, -0.25) is 0 Å². The molecule has 1 saturated heterocycles. The fourth-order valence-electron chi connectivity index (χ4n) is 3.87. The maximum Gasteiger partial charge on any atom is 0.404 e. The third-order valence-electron chi connectivity index (χ3n) is 5.42. The van der Waals surface area contributed by atoms with Gasteiger partial charge in [-0.1, -0.05) is 24.3 Å². The van der Waals surface area contributed by atoms with Crippen molar-refractivity contribution in [3.63, 3.8) is 0 Å². The van der Waals surface area contributed by atoms with Gasteiger partial charge in [0.1, 0.15) is 5.75 Å². The number of aryl methyl sites for hydroxylation is 1. The fourth-order valence-corrected chi connectivity index (χ4v) is 3.87. The largest absolute Gasteiger partial charge is 0.507 e. The number of hydrogen-bond donors (Lipinski definition) is 4. The molecule has 2 unspecified atom stereocenters. The van der Waals surface area contributed by atoms with Crippen molar-refractivity contribution in [1.82, 2.24) is 20.6 Å². The third-order valence-corrected chi connectivity index (χ3v) is 5.42. The Hall–Kier alpha value is -3.19.